The van der Waals surface area contributed by atoms with E-state index in [0.29, 0.717) is 30.3 Å². The summed E-state index contributed by atoms with van der Waals surface area (Å²) in [4.78, 5) is 10.6. The summed E-state index contributed by atoms with van der Waals surface area (Å²) in [7, 11) is 0. The van der Waals surface area contributed by atoms with E-state index < -0.39 is 0 Å². The van der Waals surface area contributed by atoms with Gasteiger partial charge in [-0.2, -0.15) is 11.8 Å². The number of rotatable bonds is 7. The highest BCUT2D eigenvalue weighted by Crippen LogP contribution is 2.28. The first kappa shape index (κ1) is 12.9. The molecule has 0 N–H and O–H groups in total. The van der Waals surface area contributed by atoms with Gasteiger partial charge < -0.3 is 9.47 Å². The zero-order valence-electron chi connectivity index (χ0n) is 9.56. The highest BCUT2D eigenvalue weighted by molar-refractivity contribution is 7.98. The minimum absolute atomic E-state index is 0.557. The van der Waals surface area contributed by atoms with Crippen LogP contribution in [0.1, 0.15) is 17.3 Å². The van der Waals surface area contributed by atoms with Gasteiger partial charge in [0.1, 0.15) is 6.29 Å². The quantitative estimate of drug-likeness (QED) is 0.542. The number of aldehydes is 1. The third-order valence-electron chi connectivity index (χ3n) is 1.95. The molecule has 0 bridgehead atoms. The van der Waals surface area contributed by atoms with Crippen LogP contribution in [-0.2, 0) is 0 Å². The Morgan fingerprint density at radius 2 is 2.12 bits per heavy atom. The van der Waals surface area contributed by atoms with Gasteiger partial charge in [-0.15, -0.1) is 0 Å². The van der Waals surface area contributed by atoms with E-state index in [0.717, 1.165) is 12.0 Å². The van der Waals surface area contributed by atoms with Gasteiger partial charge in [-0.1, -0.05) is 0 Å². The second-order valence-corrected chi connectivity index (χ2v) is 4.08. The van der Waals surface area contributed by atoms with Crippen LogP contribution in [0.15, 0.2) is 18.2 Å². The first-order valence-corrected chi connectivity index (χ1v) is 6.55. The van der Waals surface area contributed by atoms with Crippen LogP contribution in [0, 0.1) is 0 Å². The van der Waals surface area contributed by atoms with Crippen LogP contribution in [0.5, 0.6) is 11.5 Å². The molecule has 0 atom stereocenters. The molecule has 0 unspecified atom stereocenters. The van der Waals surface area contributed by atoms with E-state index >= 15 is 0 Å². The number of benzene rings is 1. The molecule has 0 aliphatic heterocycles. The Morgan fingerprint density at radius 1 is 1.31 bits per heavy atom. The minimum Gasteiger partial charge on any atom is -0.490 e. The topological polar surface area (TPSA) is 35.5 Å². The number of ether oxygens (including phenoxy) is 2. The van der Waals surface area contributed by atoms with Crippen molar-refractivity contribution in [3.8, 4) is 11.5 Å². The van der Waals surface area contributed by atoms with Gasteiger partial charge in [-0.05, 0) is 31.4 Å². The van der Waals surface area contributed by atoms with Crippen molar-refractivity contribution in [3.05, 3.63) is 23.8 Å². The van der Waals surface area contributed by atoms with Crippen molar-refractivity contribution in [2.24, 2.45) is 0 Å². The lowest BCUT2D eigenvalue weighted by Gasteiger charge is -2.11. The molecular formula is C12H16O3S. The Labute approximate surface area is 100 Å². The first-order valence-electron chi connectivity index (χ1n) is 5.15. The molecule has 0 aliphatic rings. The van der Waals surface area contributed by atoms with Gasteiger partial charge in [0.15, 0.2) is 11.5 Å². The molecule has 0 aromatic heterocycles. The number of hydrogen-bond donors (Lipinski definition) is 0. The summed E-state index contributed by atoms with van der Waals surface area (Å²) in [5, 5.41) is 0. The van der Waals surface area contributed by atoms with Crippen LogP contribution >= 0.6 is 11.8 Å². The standard InChI is InChI=1S/C12H16O3S/c1-3-14-12-8-10(9-13)4-5-11(12)15-6-7-16-2/h4-5,8-9H,3,6-7H2,1-2H3. The monoisotopic (exact) mass is 240 g/mol. The average molecular weight is 240 g/mol. The zero-order valence-corrected chi connectivity index (χ0v) is 10.4. The maximum absolute atomic E-state index is 10.6. The van der Waals surface area contributed by atoms with Crippen LogP contribution in [0.25, 0.3) is 0 Å². The predicted molar refractivity (Wildman–Crippen MR) is 66.9 cm³/mol. The fraction of sp³-hybridized carbons (Fsp3) is 0.417. The normalized spacial score (nSPS) is 9.88. The molecule has 4 heteroatoms. The summed E-state index contributed by atoms with van der Waals surface area (Å²) in [5.74, 6) is 2.26. The first-order chi connectivity index (χ1) is 7.81. The molecule has 0 aliphatic carbocycles. The minimum atomic E-state index is 0.557. The number of carbonyl (C=O) groups is 1. The van der Waals surface area contributed by atoms with Crippen molar-refractivity contribution < 1.29 is 14.3 Å². The number of thioether (sulfide) groups is 1. The van der Waals surface area contributed by atoms with Gasteiger partial charge in [0.25, 0.3) is 0 Å². The molecule has 1 aromatic rings. The van der Waals surface area contributed by atoms with Crippen molar-refractivity contribution in [2.45, 2.75) is 6.92 Å². The smallest absolute Gasteiger partial charge is 0.161 e. The van der Waals surface area contributed by atoms with Crippen LogP contribution < -0.4 is 9.47 Å². The maximum atomic E-state index is 10.6. The van der Waals surface area contributed by atoms with Crippen molar-refractivity contribution >= 4 is 18.0 Å². The number of carbonyl (C=O) groups excluding carboxylic acids is 1. The molecule has 0 fully saturated rings. The lowest BCUT2D eigenvalue weighted by Crippen LogP contribution is -2.03. The Balaban J connectivity index is 2.76. The molecule has 0 saturated carbocycles. The second-order valence-electron chi connectivity index (χ2n) is 3.10. The van der Waals surface area contributed by atoms with Crippen molar-refractivity contribution in [2.75, 3.05) is 25.2 Å². The zero-order chi connectivity index (χ0) is 11.8. The van der Waals surface area contributed by atoms with E-state index in [1.165, 1.54) is 0 Å². The lowest BCUT2D eigenvalue weighted by molar-refractivity contribution is 0.112. The van der Waals surface area contributed by atoms with Gasteiger partial charge in [-0.3, -0.25) is 4.79 Å². The van der Waals surface area contributed by atoms with E-state index in [1.54, 1.807) is 30.0 Å². The molecule has 88 valence electrons. The maximum Gasteiger partial charge on any atom is 0.161 e. The summed E-state index contributed by atoms with van der Waals surface area (Å²) in [5.41, 5.74) is 0.598. The SMILES string of the molecule is CCOc1cc(C=O)ccc1OCCSC. The Kier molecular flexibility index (Phi) is 5.78. The molecule has 3 nitrogen and oxygen atoms in total. The lowest BCUT2D eigenvalue weighted by atomic mass is 10.2. The van der Waals surface area contributed by atoms with Crippen LogP contribution in [0.4, 0.5) is 0 Å². The molecule has 0 spiro atoms. The largest absolute Gasteiger partial charge is 0.490 e. The van der Waals surface area contributed by atoms with Crippen LogP contribution in [-0.4, -0.2) is 31.5 Å². The summed E-state index contributed by atoms with van der Waals surface area (Å²) < 4.78 is 11.0. The third kappa shape index (κ3) is 3.77. The highest BCUT2D eigenvalue weighted by atomic mass is 32.2. The van der Waals surface area contributed by atoms with Gasteiger partial charge >= 0.3 is 0 Å². The van der Waals surface area contributed by atoms with Gasteiger partial charge in [-0.25, -0.2) is 0 Å². The molecule has 0 radical (unpaired) electrons. The van der Waals surface area contributed by atoms with Gasteiger partial charge in [0.05, 0.1) is 13.2 Å². The molecular weight excluding hydrogens is 224 g/mol. The molecule has 0 amide bonds. The van der Waals surface area contributed by atoms with Crippen LogP contribution in [0.3, 0.4) is 0 Å². The predicted octanol–water partition coefficient (Wildman–Crippen LogP) is 2.64. The summed E-state index contributed by atoms with van der Waals surface area (Å²) in [6.45, 7) is 3.10. The fourth-order valence-corrected chi connectivity index (χ4v) is 1.47. The van der Waals surface area contributed by atoms with E-state index in [9.17, 15) is 4.79 Å². The fourth-order valence-electron chi connectivity index (χ4n) is 1.22. The van der Waals surface area contributed by atoms with E-state index in [2.05, 4.69) is 0 Å². The molecule has 0 saturated heterocycles. The molecule has 0 heterocycles. The second kappa shape index (κ2) is 7.17. The van der Waals surface area contributed by atoms with E-state index in [-0.39, 0.29) is 0 Å². The van der Waals surface area contributed by atoms with Crippen molar-refractivity contribution in [1.82, 2.24) is 0 Å². The Bertz CT molecular complexity index is 339. The molecule has 16 heavy (non-hydrogen) atoms. The number of hydrogen-bond acceptors (Lipinski definition) is 4. The summed E-state index contributed by atoms with van der Waals surface area (Å²) in [6.07, 6.45) is 2.83. The van der Waals surface area contributed by atoms with E-state index in [1.807, 2.05) is 13.2 Å². The molecule has 1 rings (SSSR count). The van der Waals surface area contributed by atoms with Crippen molar-refractivity contribution in [1.29, 1.82) is 0 Å². The summed E-state index contributed by atoms with van der Waals surface area (Å²) >= 11 is 1.73. The van der Waals surface area contributed by atoms with E-state index in [4.69, 9.17) is 9.47 Å². The highest BCUT2D eigenvalue weighted by Gasteiger charge is 2.05. The van der Waals surface area contributed by atoms with Gasteiger partial charge in [0, 0.05) is 11.3 Å². The van der Waals surface area contributed by atoms with Gasteiger partial charge in [0.2, 0.25) is 0 Å². The Morgan fingerprint density at radius 3 is 2.75 bits per heavy atom. The average Bonchev–Trinajstić information content (AvgIpc) is 2.31. The Hall–Kier alpha value is -1.16. The summed E-state index contributed by atoms with van der Waals surface area (Å²) in [6, 6.07) is 5.20. The van der Waals surface area contributed by atoms with Crippen LogP contribution in [0.2, 0.25) is 0 Å². The molecule has 1 aromatic carbocycles. The van der Waals surface area contributed by atoms with Crippen molar-refractivity contribution in [3.63, 3.8) is 0 Å². The third-order valence-corrected chi connectivity index (χ3v) is 2.52.